The van der Waals surface area contributed by atoms with Gasteiger partial charge in [-0.15, -0.1) is 0 Å². The van der Waals surface area contributed by atoms with Gasteiger partial charge >= 0.3 is 0 Å². The van der Waals surface area contributed by atoms with E-state index in [0.717, 1.165) is 49.8 Å². The van der Waals surface area contributed by atoms with E-state index >= 15 is 0 Å². The Hall–Kier alpha value is -1.16. The van der Waals surface area contributed by atoms with Crippen molar-refractivity contribution < 1.29 is 4.74 Å². The largest absolute Gasteiger partial charge is 0.370 e. The molecule has 3 rings (SSSR count). The molecule has 0 amide bonds. The third-order valence-corrected chi connectivity index (χ3v) is 5.16. The van der Waals surface area contributed by atoms with Crippen molar-refractivity contribution in [1.29, 1.82) is 0 Å². The summed E-state index contributed by atoms with van der Waals surface area (Å²) in [7, 11) is 1.82. The van der Waals surface area contributed by atoms with Crippen LogP contribution in [0.15, 0.2) is 0 Å². The molecular weight excluding hydrogens is 262 g/mol. The molecule has 2 aliphatic rings. The molecule has 0 bridgehead atoms. The summed E-state index contributed by atoms with van der Waals surface area (Å²) < 4.78 is 5.95. The first-order valence-corrected chi connectivity index (χ1v) is 8.38. The van der Waals surface area contributed by atoms with Crippen LogP contribution >= 0.6 is 0 Å². The van der Waals surface area contributed by atoms with Crippen LogP contribution in [-0.2, 0) is 23.2 Å². The van der Waals surface area contributed by atoms with Gasteiger partial charge in [0.1, 0.15) is 11.4 Å². The summed E-state index contributed by atoms with van der Waals surface area (Å²) in [6.07, 6.45) is 7.86. The SMILES string of the molecule is CCNc1nc(C2(OC)CCC(C)CC2)nc2c1CCC2. The highest BCUT2D eigenvalue weighted by Crippen LogP contribution is 2.42. The first kappa shape index (κ1) is 14.8. The fourth-order valence-corrected chi connectivity index (χ4v) is 3.70. The summed E-state index contributed by atoms with van der Waals surface area (Å²) in [5.41, 5.74) is 2.30. The number of hydrogen-bond donors (Lipinski definition) is 1. The first-order chi connectivity index (χ1) is 10.2. The normalized spacial score (nSPS) is 28.4. The molecule has 0 atom stereocenters. The maximum atomic E-state index is 5.95. The molecule has 1 aromatic rings. The zero-order chi connectivity index (χ0) is 14.9. The highest BCUT2D eigenvalue weighted by atomic mass is 16.5. The molecular formula is C17H27N3O. The minimum atomic E-state index is -0.270. The van der Waals surface area contributed by atoms with Gasteiger partial charge in [0.25, 0.3) is 0 Å². The number of anilines is 1. The molecule has 116 valence electrons. The molecule has 0 aromatic carbocycles. The van der Waals surface area contributed by atoms with Crippen molar-refractivity contribution in [2.24, 2.45) is 5.92 Å². The Bertz CT molecular complexity index is 507. The average Bonchev–Trinajstić information content (AvgIpc) is 2.97. The number of hydrogen-bond acceptors (Lipinski definition) is 4. The lowest BCUT2D eigenvalue weighted by atomic mass is 9.79. The first-order valence-electron chi connectivity index (χ1n) is 8.38. The van der Waals surface area contributed by atoms with Gasteiger partial charge in [0.2, 0.25) is 0 Å². The predicted molar refractivity (Wildman–Crippen MR) is 84.5 cm³/mol. The van der Waals surface area contributed by atoms with E-state index < -0.39 is 0 Å². The van der Waals surface area contributed by atoms with Gasteiger partial charge in [-0.2, -0.15) is 0 Å². The van der Waals surface area contributed by atoms with Crippen LogP contribution in [0.5, 0.6) is 0 Å². The van der Waals surface area contributed by atoms with E-state index in [1.54, 1.807) is 0 Å². The van der Waals surface area contributed by atoms with Crippen LogP contribution in [0.1, 0.15) is 63.0 Å². The number of ether oxygens (including phenoxy) is 1. The van der Waals surface area contributed by atoms with Gasteiger partial charge in [-0.05, 0) is 57.8 Å². The quantitative estimate of drug-likeness (QED) is 0.922. The fraction of sp³-hybridized carbons (Fsp3) is 0.765. The van der Waals surface area contributed by atoms with Gasteiger partial charge in [0.15, 0.2) is 5.82 Å². The molecule has 1 fully saturated rings. The number of methoxy groups -OCH3 is 1. The maximum absolute atomic E-state index is 5.95. The monoisotopic (exact) mass is 289 g/mol. The van der Waals surface area contributed by atoms with Crippen LogP contribution in [0.25, 0.3) is 0 Å². The third kappa shape index (κ3) is 2.66. The Morgan fingerprint density at radius 3 is 2.67 bits per heavy atom. The lowest BCUT2D eigenvalue weighted by Crippen LogP contribution is -2.35. The van der Waals surface area contributed by atoms with E-state index in [0.29, 0.717) is 0 Å². The van der Waals surface area contributed by atoms with E-state index in [2.05, 4.69) is 19.2 Å². The molecule has 4 heteroatoms. The van der Waals surface area contributed by atoms with E-state index in [9.17, 15) is 0 Å². The number of rotatable bonds is 4. The Kier molecular flexibility index (Phi) is 4.16. The molecule has 1 N–H and O–H groups in total. The van der Waals surface area contributed by atoms with Crippen LogP contribution in [0.2, 0.25) is 0 Å². The summed E-state index contributed by atoms with van der Waals surface area (Å²) in [5, 5.41) is 3.43. The zero-order valence-corrected chi connectivity index (χ0v) is 13.5. The zero-order valence-electron chi connectivity index (χ0n) is 13.5. The number of aryl methyl sites for hydroxylation is 1. The van der Waals surface area contributed by atoms with Gasteiger partial charge in [-0.1, -0.05) is 6.92 Å². The summed E-state index contributed by atoms with van der Waals surface area (Å²) in [5.74, 6) is 2.74. The molecule has 0 aliphatic heterocycles. The maximum Gasteiger partial charge on any atom is 0.162 e. The van der Waals surface area contributed by atoms with Crippen molar-refractivity contribution in [1.82, 2.24) is 9.97 Å². The highest BCUT2D eigenvalue weighted by molar-refractivity contribution is 5.49. The molecule has 1 saturated carbocycles. The Balaban J connectivity index is 1.99. The van der Waals surface area contributed by atoms with E-state index in [4.69, 9.17) is 14.7 Å². The van der Waals surface area contributed by atoms with Gasteiger partial charge < -0.3 is 10.1 Å². The Labute approximate surface area is 127 Å². The van der Waals surface area contributed by atoms with Gasteiger partial charge in [0, 0.05) is 24.9 Å². The minimum absolute atomic E-state index is 0.270. The van der Waals surface area contributed by atoms with E-state index in [1.807, 2.05) is 7.11 Å². The van der Waals surface area contributed by atoms with Gasteiger partial charge in [0.05, 0.1) is 0 Å². The van der Waals surface area contributed by atoms with E-state index in [1.165, 1.54) is 30.5 Å². The summed E-state index contributed by atoms with van der Waals surface area (Å²) in [6.45, 7) is 5.35. The molecule has 21 heavy (non-hydrogen) atoms. The van der Waals surface area contributed by atoms with Crippen molar-refractivity contribution in [3.05, 3.63) is 17.1 Å². The average molecular weight is 289 g/mol. The van der Waals surface area contributed by atoms with Gasteiger partial charge in [-0.3, -0.25) is 0 Å². The Morgan fingerprint density at radius 2 is 2.00 bits per heavy atom. The molecule has 0 radical (unpaired) electrons. The minimum Gasteiger partial charge on any atom is -0.370 e. The van der Waals surface area contributed by atoms with Crippen LogP contribution in [0, 0.1) is 5.92 Å². The van der Waals surface area contributed by atoms with Crippen LogP contribution in [-0.4, -0.2) is 23.6 Å². The van der Waals surface area contributed by atoms with Crippen molar-refractivity contribution in [2.45, 2.75) is 64.4 Å². The molecule has 1 heterocycles. The van der Waals surface area contributed by atoms with Crippen molar-refractivity contribution in [3.63, 3.8) is 0 Å². The van der Waals surface area contributed by atoms with Crippen molar-refractivity contribution in [3.8, 4) is 0 Å². The standard InChI is InChI=1S/C17H27N3O/c1-4-18-15-13-6-5-7-14(13)19-16(20-15)17(21-3)10-8-12(2)9-11-17/h12H,4-11H2,1-3H3,(H,18,19,20). The molecule has 4 nitrogen and oxygen atoms in total. The van der Waals surface area contributed by atoms with Crippen LogP contribution in [0.4, 0.5) is 5.82 Å². The summed E-state index contributed by atoms with van der Waals surface area (Å²) in [6, 6.07) is 0. The second-order valence-electron chi connectivity index (χ2n) is 6.59. The molecule has 0 saturated heterocycles. The lowest BCUT2D eigenvalue weighted by Gasteiger charge is -2.37. The van der Waals surface area contributed by atoms with E-state index in [-0.39, 0.29) is 5.60 Å². The second kappa shape index (κ2) is 5.91. The smallest absolute Gasteiger partial charge is 0.162 e. The van der Waals surface area contributed by atoms with Crippen LogP contribution in [0.3, 0.4) is 0 Å². The molecule has 2 aliphatic carbocycles. The number of nitrogens with zero attached hydrogens (tertiary/aromatic N) is 2. The number of fused-ring (bicyclic) bond motifs is 1. The third-order valence-electron chi connectivity index (χ3n) is 5.16. The molecule has 0 unspecified atom stereocenters. The van der Waals surface area contributed by atoms with Crippen molar-refractivity contribution in [2.75, 3.05) is 19.0 Å². The number of nitrogens with one attached hydrogen (secondary N) is 1. The second-order valence-corrected chi connectivity index (χ2v) is 6.59. The topological polar surface area (TPSA) is 47.0 Å². The number of aromatic nitrogens is 2. The predicted octanol–water partition coefficient (Wildman–Crippen LogP) is 3.45. The summed E-state index contributed by atoms with van der Waals surface area (Å²) in [4.78, 5) is 9.79. The molecule has 1 aromatic heterocycles. The lowest BCUT2D eigenvalue weighted by molar-refractivity contribution is -0.0597. The fourth-order valence-electron chi connectivity index (χ4n) is 3.70. The highest BCUT2D eigenvalue weighted by Gasteiger charge is 2.39. The molecule has 0 spiro atoms. The Morgan fingerprint density at radius 1 is 1.24 bits per heavy atom. The summed E-state index contributed by atoms with van der Waals surface area (Å²) >= 11 is 0. The van der Waals surface area contributed by atoms with Crippen molar-refractivity contribution >= 4 is 5.82 Å². The van der Waals surface area contributed by atoms with Gasteiger partial charge in [-0.25, -0.2) is 9.97 Å². The van der Waals surface area contributed by atoms with Crippen LogP contribution < -0.4 is 5.32 Å².